The highest BCUT2D eigenvalue weighted by Gasteiger charge is 2.32. The Bertz CT molecular complexity index is 716. The van der Waals surface area contributed by atoms with Crippen molar-refractivity contribution in [2.45, 2.75) is 19.8 Å². The van der Waals surface area contributed by atoms with Crippen molar-refractivity contribution < 1.29 is 4.79 Å². The number of nitrogens with zero attached hydrogens (tertiary/aromatic N) is 1. The monoisotopic (exact) mass is 333 g/mol. The predicted molar refractivity (Wildman–Crippen MR) is 92.7 cm³/mol. The van der Waals surface area contributed by atoms with Crippen LogP contribution in [0.3, 0.4) is 0 Å². The van der Waals surface area contributed by atoms with Crippen molar-refractivity contribution in [1.29, 1.82) is 0 Å². The molecular weight excluding hydrogens is 317 g/mol. The minimum absolute atomic E-state index is 0.353. The van der Waals surface area contributed by atoms with Gasteiger partial charge in [-0.2, -0.15) is 0 Å². The van der Waals surface area contributed by atoms with E-state index in [2.05, 4.69) is 11.0 Å². The topological polar surface area (TPSA) is 20.3 Å². The lowest BCUT2D eigenvalue weighted by Gasteiger charge is -2.43. The van der Waals surface area contributed by atoms with Crippen molar-refractivity contribution in [3.05, 3.63) is 62.6 Å². The summed E-state index contributed by atoms with van der Waals surface area (Å²) in [7, 11) is 0. The number of benzene rings is 2. The molecule has 0 bridgehead atoms. The molecule has 1 heterocycles. The van der Waals surface area contributed by atoms with E-state index in [9.17, 15) is 4.79 Å². The third-order valence-electron chi connectivity index (χ3n) is 4.34. The maximum absolute atomic E-state index is 11.0. The Kier molecular flexibility index (Phi) is 4.16. The van der Waals surface area contributed by atoms with E-state index in [1.165, 1.54) is 5.69 Å². The van der Waals surface area contributed by atoms with Crippen molar-refractivity contribution >= 4 is 35.2 Å². The number of hydrogen-bond acceptors (Lipinski definition) is 2. The molecule has 0 aromatic heterocycles. The minimum atomic E-state index is 0.353. The van der Waals surface area contributed by atoms with Crippen molar-refractivity contribution in [1.82, 2.24) is 0 Å². The first kappa shape index (κ1) is 15.4. The van der Waals surface area contributed by atoms with Gasteiger partial charge in [-0.05, 0) is 54.8 Å². The number of carbonyl (C=O) groups excluding carboxylic acids is 1. The fourth-order valence-electron chi connectivity index (χ4n) is 3.05. The van der Waals surface area contributed by atoms with Gasteiger partial charge in [-0.1, -0.05) is 29.3 Å². The number of rotatable bonds is 3. The molecule has 0 spiro atoms. The molecule has 22 heavy (non-hydrogen) atoms. The van der Waals surface area contributed by atoms with E-state index >= 15 is 0 Å². The van der Waals surface area contributed by atoms with Crippen molar-refractivity contribution in [2.24, 2.45) is 0 Å². The fourth-order valence-corrected chi connectivity index (χ4v) is 3.76. The van der Waals surface area contributed by atoms with Gasteiger partial charge >= 0.3 is 0 Å². The van der Waals surface area contributed by atoms with Crippen LogP contribution >= 0.6 is 23.2 Å². The summed E-state index contributed by atoms with van der Waals surface area (Å²) in [5, 5.41) is 1.47. The highest BCUT2D eigenvalue weighted by Crippen LogP contribution is 2.40. The molecule has 1 fully saturated rings. The Labute approximate surface area is 140 Å². The number of aryl methyl sites for hydroxylation is 2. The Morgan fingerprint density at radius 2 is 1.73 bits per heavy atom. The van der Waals surface area contributed by atoms with E-state index < -0.39 is 0 Å². The summed E-state index contributed by atoms with van der Waals surface area (Å²) in [6.45, 7) is 5.79. The smallest absolute Gasteiger partial charge is 0.150 e. The third-order valence-corrected chi connectivity index (χ3v) is 5.00. The van der Waals surface area contributed by atoms with Crippen LogP contribution in [0.1, 0.15) is 33.0 Å². The zero-order valence-electron chi connectivity index (χ0n) is 12.6. The highest BCUT2D eigenvalue weighted by atomic mass is 35.5. The van der Waals surface area contributed by atoms with E-state index in [1.54, 1.807) is 0 Å². The van der Waals surface area contributed by atoms with Crippen LogP contribution in [-0.4, -0.2) is 19.4 Å². The summed E-state index contributed by atoms with van der Waals surface area (Å²) in [6, 6.07) is 9.69. The van der Waals surface area contributed by atoms with Crippen LogP contribution < -0.4 is 4.90 Å². The quantitative estimate of drug-likeness (QED) is 0.734. The number of aldehydes is 1. The van der Waals surface area contributed by atoms with E-state index in [0.29, 0.717) is 5.92 Å². The average molecular weight is 334 g/mol. The molecule has 2 nitrogen and oxygen atoms in total. The number of hydrogen-bond donors (Lipinski definition) is 0. The van der Waals surface area contributed by atoms with Gasteiger partial charge in [0.2, 0.25) is 0 Å². The summed E-state index contributed by atoms with van der Waals surface area (Å²) in [5.41, 5.74) is 5.11. The molecule has 0 radical (unpaired) electrons. The van der Waals surface area contributed by atoms with Crippen molar-refractivity contribution in [3.8, 4) is 0 Å². The van der Waals surface area contributed by atoms with E-state index in [0.717, 1.165) is 51.7 Å². The summed E-state index contributed by atoms with van der Waals surface area (Å²) in [4.78, 5) is 13.3. The van der Waals surface area contributed by atoms with Crippen molar-refractivity contribution in [2.75, 3.05) is 18.0 Å². The molecular formula is C18H17Cl2NO. The second kappa shape index (κ2) is 5.94. The molecule has 4 heteroatoms. The highest BCUT2D eigenvalue weighted by molar-refractivity contribution is 6.36. The Balaban J connectivity index is 1.82. The van der Waals surface area contributed by atoms with Gasteiger partial charge in [0.1, 0.15) is 6.29 Å². The molecule has 2 aromatic carbocycles. The molecule has 1 aliphatic heterocycles. The first-order chi connectivity index (χ1) is 10.5. The van der Waals surface area contributed by atoms with Crippen LogP contribution in [-0.2, 0) is 0 Å². The van der Waals surface area contributed by atoms with Crippen LogP contribution in [0.5, 0.6) is 0 Å². The number of halogens is 2. The van der Waals surface area contributed by atoms with Gasteiger partial charge in [-0.3, -0.25) is 4.79 Å². The summed E-state index contributed by atoms with van der Waals surface area (Å²) in [6.07, 6.45) is 0.911. The van der Waals surface area contributed by atoms with Gasteiger partial charge in [0, 0.05) is 40.3 Å². The lowest BCUT2D eigenvalue weighted by molar-refractivity contribution is 0.112. The minimum Gasteiger partial charge on any atom is -0.370 e. The SMILES string of the molecule is Cc1cc(N2CC(c3c(Cl)cccc3Cl)C2)c(C)cc1C=O. The van der Waals surface area contributed by atoms with Crippen LogP contribution in [0, 0.1) is 13.8 Å². The summed E-state index contributed by atoms with van der Waals surface area (Å²) >= 11 is 12.6. The van der Waals surface area contributed by atoms with Crippen LogP contribution in [0.25, 0.3) is 0 Å². The van der Waals surface area contributed by atoms with E-state index in [1.807, 2.05) is 38.1 Å². The first-order valence-corrected chi connectivity index (χ1v) is 8.02. The maximum atomic E-state index is 11.0. The van der Waals surface area contributed by atoms with Crippen LogP contribution in [0.15, 0.2) is 30.3 Å². The average Bonchev–Trinajstić information content (AvgIpc) is 2.43. The van der Waals surface area contributed by atoms with Crippen molar-refractivity contribution in [3.63, 3.8) is 0 Å². The van der Waals surface area contributed by atoms with Gasteiger partial charge in [0.15, 0.2) is 0 Å². The lowest BCUT2D eigenvalue weighted by atomic mass is 9.89. The molecule has 114 valence electrons. The molecule has 0 atom stereocenters. The van der Waals surface area contributed by atoms with Crippen LogP contribution in [0.2, 0.25) is 10.0 Å². The van der Waals surface area contributed by atoms with Gasteiger partial charge in [-0.25, -0.2) is 0 Å². The molecule has 2 aromatic rings. The Hall–Kier alpha value is -1.51. The zero-order chi connectivity index (χ0) is 15.9. The summed E-state index contributed by atoms with van der Waals surface area (Å²) < 4.78 is 0. The standard InChI is InChI=1S/C18H17Cl2NO/c1-11-7-17(12(2)6-13(11)10-22)21-8-14(9-21)18-15(19)4-3-5-16(18)20/h3-7,10,14H,8-9H2,1-2H3. The summed E-state index contributed by atoms with van der Waals surface area (Å²) in [5.74, 6) is 0.353. The normalized spacial score (nSPS) is 14.8. The predicted octanol–water partition coefficient (Wildman–Crippen LogP) is 5.03. The molecule has 0 saturated carbocycles. The fraction of sp³-hybridized carbons (Fsp3) is 0.278. The second-order valence-corrected chi connectivity index (χ2v) is 6.66. The van der Waals surface area contributed by atoms with Gasteiger partial charge in [0.05, 0.1) is 0 Å². The van der Waals surface area contributed by atoms with Gasteiger partial charge in [0.25, 0.3) is 0 Å². The first-order valence-electron chi connectivity index (χ1n) is 7.26. The third kappa shape index (κ3) is 2.62. The molecule has 1 saturated heterocycles. The molecule has 0 amide bonds. The van der Waals surface area contributed by atoms with Gasteiger partial charge < -0.3 is 4.90 Å². The number of anilines is 1. The molecule has 0 unspecified atom stereocenters. The van der Waals surface area contributed by atoms with E-state index in [-0.39, 0.29) is 0 Å². The second-order valence-electron chi connectivity index (χ2n) is 5.85. The Morgan fingerprint density at radius 1 is 1.09 bits per heavy atom. The van der Waals surface area contributed by atoms with Crippen LogP contribution in [0.4, 0.5) is 5.69 Å². The molecule has 3 rings (SSSR count). The van der Waals surface area contributed by atoms with E-state index in [4.69, 9.17) is 23.2 Å². The molecule has 0 aliphatic carbocycles. The largest absolute Gasteiger partial charge is 0.370 e. The lowest BCUT2D eigenvalue weighted by Crippen LogP contribution is -2.45. The Morgan fingerprint density at radius 3 is 2.32 bits per heavy atom. The number of carbonyl (C=O) groups is 1. The van der Waals surface area contributed by atoms with Gasteiger partial charge in [-0.15, -0.1) is 0 Å². The zero-order valence-corrected chi connectivity index (χ0v) is 14.1. The molecule has 1 aliphatic rings. The maximum Gasteiger partial charge on any atom is 0.150 e. The molecule has 0 N–H and O–H groups in total.